The van der Waals surface area contributed by atoms with E-state index in [1.165, 1.54) is 18.9 Å². The van der Waals surface area contributed by atoms with Crippen LogP contribution in [0.1, 0.15) is 10.9 Å². The number of ether oxygens (including phenoxy) is 1. The van der Waals surface area contributed by atoms with Gasteiger partial charge in [-0.25, -0.2) is 0 Å². The van der Waals surface area contributed by atoms with Crippen LogP contribution < -0.4 is 0 Å². The smallest absolute Gasteiger partial charge is 0.315 e. The normalized spacial score (nSPS) is 11.5. The molecule has 0 spiro atoms. The first-order valence-electron chi connectivity index (χ1n) is 4.27. The average Bonchev–Trinajstić information content (AvgIpc) is 2.31. The van der Waals surface area contributed by atoms with Crippen molar-refractivity contribution in [2.45, 2.75) is 5.25 Å². The first-order chi connectivity index (χ1) is 7.27. The lowest BCUT2D eigenvalue weighted by Crippen LogP contribution is -2.05. The molecule has 15 heavy (non-hydrogen) atoms. The molecule has 1 aromatic rings. The quantitative estimate of drug-likeness (QED) is 0.723. The molecule has 0 bridgehead atoms. The molecule has 1 aromatic heterocycles. The molecule has 1 heterocycles. The van der Waals surface area contributed by atoms with Crippen molar-refractivity contribution in [1.29, 1.82) is 5.26 Å². The van der Waals surface area contributed by atoms with Crippen molar-refractivity contribution in [3.05, 3.63) is 30.1 Å². The third kappa shape index (κ3) is 3.60. The number of pyridine rings is 1. The molecule has 0 radical (unpaired) electrons. The van der Waals surface area contributed by atoms with Crippen LogP contribution in [0.15, 0.2) is 24.4 Å². The highest BCUT2D eigenvalue weighted by molar-refractivity contribution is 8.00. The number of esters is 1. The molecule has 0 amide bonds. The maximum absolute atomic E-state index is 10.9. The summed E-state index contributed by atoms with van der Waals surface area (Å²) in [6.45, 7) is 0. The van der Waals surface area contributed by atoms with Crippen molar-refractivity contribution in [1.82, 2.24) is 4.98 Å². The summed E-state index contributed by atoms with van der Waals surface area (Å²) in [5.74, 6) is -0.179. The van der Waals surface area contributed by atoms with Crippen molar-refractivity contribution in [2.75, 3.05) is 12.9 Å². The molecule has 78 valence electrons. The summed E-state index contributed by atoms with van der Waals surface area (Å²) in [6, 6.07) is 7.44. The number of thioether (sulfide) groups is 1. The Hall–Kier alpha value is -1.54. The Balaban J connectivity index is 2.59. The Morgan fingerprint density at radius 2 is 2.53 bits per heavy atom. The van der Waals surface area contributed by atoms with Crippen LogP contribution in [0.2, 0.25) is 0 Å². The highest BCUT2D eigenvalue weighted by Gasteiger charge is 2.14. The minimum absolute atomic E-state index is 0.158. The summed E-state index contributed by atoms with van der Waals surface area (Å²) in [5.41, 5.74) is 0.661. The number of rotatable bonds is 4. The fourth-order valence-corrected chi connectivity index (χ4v) is 1.74. The van der Waals surface area contributed by atoms with E-state index in [0.29, 0.717) is 5.69 Å². The largest absolute Gasteiger partial charge is 0.468 e. The van der Waals surface area contributed by atoms with E-state index in [1.54, 1.807) is 18.3 Å². The van der Waals surface area contributed by atoms with Crippen molar-refractivity contribution in [3.8, 4) is 6.07 Å². The monoisotopic (exact) mass is 222 g/mol. The van der Waals surface area contributed by atoms with Crippen LogP contribution in [0.4, 0.5) is 0 Å². The maximum atomic E-state index is 10.9. The van der Waals surface area contributed by atoms with Gasteiger partial charge in [0.25, 0.3) is 0 Å². The second-order valence-electron chi connectivity index (χ2n) is 2.65. The van der Waals surface area contributed by atoms with Gasteiger partial charge in [-0.3, -0.25) is 9.78 Å². The van der Waals surface area contributed by atoms with Gasteiger partial charge in [0.1, 0.15) is 5.25 Å². The molecular formula is C10H10N2O2S. The Bertz CT molecular complexity index is 361. The molecule has 0 aromatic carbocycles. The molecule has 0 saturated heterocycles. The van der Waals surface area contributed by atoms with Gasteiger partial charge in [-0.1, -0.05) is 6.07 Å². The topological polar surface area (TPSA) is 63.0 Å². The molecule has 0 aliphatic rings. The van der Waals surface area contributed by atoms with Crippen LogP contribution in [-0.4, -0.2) is 23.8 Å². The summed E-state index contributed by atoms with van der Waals surface area (Å²) < 4.78 is 4.49. The summed E-state index contributed by atoms with van der Waals surface area (Å²) in [6.07, 6.45) is 1.62. The Kier molecular flexibility index (Phi) is 4.64. The first kappa shape index (κ1) is 11.5. The summed E-state index contributed by atoms with van der Waals surface area (Å²) >= 11 is 1.21. The van der Waals surface area contributed by atoms with Gasteiger partial charge in [0, 0.05) is 6.20 Å². The van der Waals surface area contributed by atoms with Crippen LogP contribution in [0.25, 0.3) is 0 Å². The summed E-state index contributed by atoms with van der Waals surface area (Å²) in [5, 5.41) is 8.48. The van der Waals surface area contributed by atoms with Gasteiger partial charge in [0.2, 0.25) is 0 Å². The van der Waals surface area contributed by atoms with Gasteiger partial charge < -0.3 is 4.74 Å². The van der Waals surface area contributed by atoms with Crippen LogP contribution in [-0.2, 0) is 9.53 Å². The maximum Gasteiger partial charge on any atom is 0.315 e. The minimum atomic E-state index is -0.426. The highest BCUT2D eigenvalue weighted by atomic mass is 32.2. The number of carbonyl (C=O) groups excluding carboxylic acids is 1. The molecule has 0 aliphatic heterocycles. The fourth-order valence-electron chi connectivity index (χ4n) is 0.930. The number of hydrogen-bond donors (Lipinski definition) is 0. The second-order valence-corrected chi connectivity index (χ2v) is 3.74. The molecule has 0 N–H and O–H groups in total. The lowest BCUT2D eigenvalue weighted by atomic mass is 10.3. The lowest BCUT2D eigenvalue weighted by molar-refractivity contribution is -0.137. The number of hydrogen-bond acceptors (Lipinski definition) is 5. The van der Waals surface area contributed by atoms with E-state index in [4.69, 9.17) is 5.26 Å². The van der Waals surface area contributed by atoms with Gasteiger partial charge in [-0.15, -0.1) is 11.8 Å². The Morgan fingerprint density at radius 1 is 1.73 bits per heavy atom. The highest BCUT2D eigenvalue weighted by Crippen LogP contribution is 2.25. The molecule has 5 heteroatoms. The second kappa shape index (κ2) is 6.04. The predicted molar refractivity (Wildman–Crippen MR) is 57.1 cm³/mol. The van der Waals surface area contributed by atoms with Crippen LogP contribution in [0.3, 0.4) is 0 Å². The van der Waals surface area contributed by atoms with Gasteiger partial charge >= 0.3 is 5.97 Å². The lowest BCUT2D eigenvalue weighted by Gasteiger charge is -2.06. The molecule has 0 saturated carbocycles. The van der Waals surface area contributed by atoms with Gasteiger partial charge in [-0.05, 0) is 12.1 Å². The zero-order chi connectivity index (χ0) is 11.1. The van der Waals surface area contributed by atoms with E-state index < -0.39 is 5.25 Å². The summed E-state index contributed by atoms with van der Waals surface area (Å²) in [7, 11) is 1.32. The molecule has 4 nitrogen and oxygen atoms in total. The van der Waals surface area contributed by atoms with Gasteiger partial charge in [0.05, 0.1) is 24.6 Å². The number of nitriles is 1. The van der Waals surface area contributed by atoms with Crippen LogP contribution in [0.5, 0.6) is 0 Å². The van der Waals surface area contributed by atoms with Crippen molar-refractivity contribution in [2.24, 2.45) is 0 Å². The van der Waals surface area contributed by atoms with E-state index in [-0.39, 0.29) is 11.7 Å². The average molecular weight is 222 g/mol. The van der Waals surface area contributed by atoms with Gasteiger partial charge in [-0.2, -0.15) is 5.26 Å². The molecule has 1 unspecified atom stereocenters. The van der Waals surface area contributed by atoms with Gasteiger partial charge in [0.15, 0.2) is 0 Å². The Labute approximate surface area is 92.3 Å². The zero-order valence-corrected chi connectivity index (χ0v) is 9.03. The number of nitrogens with zero attached hydrogens (tertiary/aromatic N) is 2. The van der Waals surface area contributed by atoms with E-state index in [1.807, 2.05) is 6.07 Å². The third-order valence-electron chi connectivity index (χ3n) is 1.67. The number of methoxy groups -OCH3 is 1. The SMILES string of the molecule is COC(=O)CSC(C#N)c1ccccn1. The molecule has 0 aliphatic carbocycles. The molecule has 1 atom stereocenters. The van der Waals surface area contributed by atoms with E-state index >= 15 is 0 Å². The molecular weight excluding hydrogens is 212 g/mol. The standard InChI is InChI=1S/C10H10N2O2S/c1-14-10(13)7-15-9(6-11)8-4-2-3-5-12-8/h2-5,9H,7H2,1H3. The zero-order valence-electron chi connectivity index (χ0n) is 8.21. The predicted octanol–water partition coefficient (Wildman–Crippen LogP) is 1.55. The van der Waals surface area contributed by atoms with Crippen LogP contribution in [0, 0.1) is 11.3 Å². The van der Waals surface area contributed by atoms with E-state index in [2.05, 4.69) is 15.8 Å². The van der Waals surface area contributed by atoms with Crippen molar-refractivity contribution >= 4 is 17.7 Å². The number of carbonyl (C=O) groups is 1. The minimum Gasteiger partial charge on any atom is -0.468 e. The summed E-state index contributed by atoms with van der Waals surface area (Å²) in [4.78, 5) is 14.9. The van der Waals surface area contributed by atoms with Crippen LogP contribution >= 0.6 is 11.8 Å². The van der Waals surface area contributed by atoms with Crippen molar-refractivity contribution < 1.29 is 9.53 Å². The Morgan fingerprint density at radius 3 is 3.07 bits per heavy atom. The number of aromatic nitrogens is 1. The third-order valence-corrected chi connectivity index (χ3v) is 2.75. The van der Waals surface area contributed by atoms with Crippen molar-refractivity contribution in [3.63, 3.8) is 0 Å². The molecule has 0 fully saturated rings. The van der Waals surface area contributed by atoms with E-state index in [9.17, 15) is 4.79 Å². The molecule has 1 rings (SSSR count). The van der Waals surface area contributed by atoms with E-state index in [0.717, 1.165) is 0 Å². The fraction of sp³-hybridized carbons (Fsp3) is 0.300. The first-order valence-corrected chi connectivity index (χ1v) is 5.31.